The number of hydrogen-bond donors (Lipinski definition) is 2. The number of halogens is 2. The molecule has 0 unspecified atom stereocenters. The van der Waals surface area contributed by atoms with E-state index in [-0.39, 0.29) is 19.0 Å². The minimum Gasteiger partial charge on any atom is -0.309 e. The number of fused-ring (bicyclic) bond motifs is 2. The van der Waals surface area contributed by atoms with Crippen LogP contribution in [0.5, 0.6) is 0 Å². The minimum atomic E-state index is -2.88. The van der Waals surface area contributed by atoms with E-state index in [0.717, 1.165) is 4.90 Å². The molecule has 122 valence electrons. The first-order valence-corrected chi connectivity index (χ1v) is 7.00. The van der Waals surface area contributed by atoms with Gasteiger partial charge in [0.25, 0.3) is 5.91 Å². The number of carbonyl (C=O) groups is 3. The number of rotatable bonds is 2. The van der Waals surface area contributed by atoms with Crippen molar-refractivity contribution in [3.8, 4) is 0 Å². The van der Waals surface area contributed by atoms with Crippen molar-refractivity contribution in [2.24, 2.45) is 11.8 Å². The predicted molar refractivity (Wildman–Crippen MR) is 66.2 cm³/mol. The van der Waals surface area contributed by atoms with Crippen LogP contribution in [0.25, 0.3) is 0 Å². The van der Waals surface area contributed by atoms with Crippen LogP contribution in [0.3, 0.4) is 0 Å². The zero-order valence-electron chi connectivity index (χ0n) is 11.6. The number of amides is 4. The molecule has 4 amide bonds. The molecule has 22 heavy (non-hydrogen) atoms. The van der Waals surface area contributed by atoms with E-state index in [4.69, 9.17) is 5.84 Å². The van der Waals surface area contributed by atoms with E-state index in [2.05, 4.69) is 0 Å². The van der Waals surface area contributed by atoms with E-state index in [0.29, 0.717) is 16.5 Å². The summed E-state index contributed by atoms with van der Waals surface area (Å²) in [7, 11) is 0. The van der Waals surface area contributed by atoms with Gasteiger partial charge in [0, 0.05) is 19.4 Å². The van der Waals surface area contributed by atoms with Gasteiger partial charge in [-0.25, -0.2) is 29.5 Å². The molecule has 2 saturated heterocycles. The first-order chi connectivity index (χ1) is 10.2. The Kier molecular flexibility index (Phi) is 3.33. The van der Waals surface area contributed by atoms with E-state index >= 15 is 0 Å². The second-order valence-electron chi connectivity index (χ2n) is 6.03. The van der Waals surface area contributed by atoms with E-state index < -0.39 is 48.6 Å². The van der Waals surface area contributed by atoms with Gasteiger partial charge in [0.15, 0.2) is 0 Å². The SMILES string of the molecule is NN(C(=O)C1CC(F)(F)C1)C(=O)[C@@H]1CC[C@@H]2CN1C(=O)N2O. The lowest BCUT2D eigenvalue weighted by molar-refractivity contribution is -0.166. The molecule has 0 aromatic rings. The molecule has 0 spiro atoms. The lowest BCUT2D eigenvalue weighted by Crippen LogP contribution is -2.58. The van der Waals surface area contributed by atoms with E-state index in [1.807, 2.05) is 0 Å². The molecule has 8 nitrogen and oxygen atoms in total. The van der Waals surface area contributed by atoms with Crippen molar-refractivity contribution < 1.29 is 28.4 Å². The number of urea groups is 1. The Morgan fingerprint density at radius 1 is 1.27 bits per heavy atom. The van der Waals surface area contributed by atoms with Gasteiger partial charge in [-0.1, -0.05) is 0 Å². The predicted octanol–water partition coefficient (Wildman–Crippen LogP) is -0.0816. The molecule has 0 aromatic carbocycles. The summed E-state index contributed by atoms with van der Waals surface area (Å²) in [5.41, 5.74) is 0. The molecule has 0 radical (unpaired) electrons. The number of hydroxylamine groups is 2. The number of carbonyl (C=O) groups excluding carboxylic acids is 3. The molecular formula is C12H16F2N4O4. The van der Waals surface area contributed by atoms with Gasteiger partial charge in [0.1, 0.15) is 6.04 Å². The normalized spacial score (nSPS) is 30.3. The van der Waals surface area contributed by atoms with E-state index in [1.165, 1.54) is 0 Å². The summed E-state index contributed by atoms with van der Waals surface area (Å²) >= 11 is 0. The quantitative estimate of drug-likeness (QED) is 0.243. The van der Waals surface area contributed by atoms with Crippen LogP contribution in [0.15, 0.2) is 0 Å². The summed E-state index contributed by atoms with van der Waals surface area (Å²) in [5.74, 6) is -0.0359. The van der Waals surface area contributed by atoms with Gasteiger partial charge in [-0.2, -0.15) is 0 Å². The largest absolute Gasteiger partial charge is 0.344 e. The molecule has 10 heteroatoms. The lowest BCUT2D eigenvalue weighted by Gasteiger charge is -2.37. The number of hydrazine groups is 1. The number of imide groups is 1. The van der Waals surface area contributed by atoms with Crippen molar-refractivity contribution in [1.29, 1.82) is 0 Å². The Bertz CT molecular complexity index is 535. The number of hydrogen-bond acceptors (Lipinski definition) is 5. The number of alkyl halides is 2. The van der Waals surface area contributed by atoms with Crippen molar-refractivity contribution >= 4 is 17.8 Å². The molecule has 2 aliphatic heterocycles. The van der Waals surface area contributed by atoms with Crippen molar-refractivity contribution in [2.45, 2.75) is 43.7 Å². The first kappa shape index (κ1) is 15.1. The van der Waals surface area contributed by atoms with Crippen molar-refractivity contribution in [1.82, 2.24) is 15.0 Å². The van der Waals surface area contributed by atoms with Gasteiger partial charge in [-0.05, 0) is 12.8 Å². The van der Waals surface area contributed by atoms with Crippen LogP contribution >= 0.6 is 0 Å². The molecule has 0 aromatic heterocycles. The Morgan fingerprint density at radius 2 is 1.91 bits per heavy atom. The Morgan fingerprint density at radius 3 is 2.50 bits per heavy atom. The highest BCUT2D eigenvalue weighted by atomic mass is 19.3. The lowest BCUT2D eigenvalue weighted by atomic mass is 9.80. The molecular weight excluding hydrogens is 302 g/mol. The molecule has 2 bridgehead atoms. The third-order valence-electron chi connectivity index (χ3n) is 4.54. The topological polar surface area (TPSA) is 107 Å². The molecule has 3 N–H and O–H groups in total. The zero-order valence-corrected chi connectivity index (χ0v) is 11.6. The van der Waals surface area contributed by atoms with Gasteiger partial charge in [-0.15, -0.1) is 0 Å². The summed E-state index contributed by atoms with van der Waals surface area (Å²) in [5, 5.41) is 10.5. The van der Waals surface area contributed by atoms with Crippen LogP contribution in [0.1, 0.15) is 25.7 Å². The number of nitrogens with zero attached hydrogens (tertiary/aromatic N) is 3. The van der Waals surface area contributed by atoms with E-state index in [9.17, 15) is 28.4 Å². The highest BCUT2D eigenvalue weighted by Gasteiger charge is 2.52. The first-order valence-electron chi connectivity index (χ1n) is 7.00. The van der Waals surface area contributed by atoms with Gasteiger partial charge < -0.3 is 4.90 Å². The van der Waals surface area contributed by atoms with Gasteiger partial charge in [-0.3, -0.25) is 14.8 Å². The fourth-order valence-electron chi connectivity index (χ4n) is 3.21. The standard InChI is InChI=1S/C12H16F2N4O4/c13-12(14)3-6(4-12)9(19)17(15)10(20)8-2-1-7-5-16(8)11(21)18(7)22/h6-8,22H,1-5,15H2/t7-,8+/m1/s1. The molecule has 2 atom stereocenters. The summed E-state index contributed by atoms with van der Waals surface area (Å²) in [4.78, 5) is 37.2. The average molecular weight is 318 g/mol. The highest BCUT2D eigenvalue weighted by Crippen LogP contribution is 2.43. The van der Waals surface area contributed by atoms with Gasteiger partial charge in [0.05, 0.1) is 12.0 Å². The summed E-state index contributed by atoms with van der Waals surface area (Å²) in [6.45, 7) is 0.176. The third kappa shape index (κ3) is 2.22. The molecule has 1 aliphatic carbocycles. The van der Waals surface area contributed by atoms with Crippen LogP contribution in [0.2, 0.25) is 0 Å². The molecule has 3 aliphatic rings. The van der Waals surface area contributed by atoms with Crippen LogP contribution in [-0.4, -0.2) is 62.6 Å². The maximum Gasteiger partial charge on any atom is 0.344 e. The van der Waals surface area contributed by atoms with Crippen LogP contribution in [-0.2, 0) is 9.59 Å². The fraction of sp³-hybridized carbons (Fsp3) is 0.750. The number of nitrogens with two attached hydrogens (primary N) is 1. The molecule has 2 heterocycles. The van der Waals surface area contributed by atoms with E-state index in [1.54, 1.807) is 0 Å². The molecule has 1 saturated carbocycles. The maximum atomic E-state index is 12.8. The van der Waals surface area contributed by atoms with Crippen LogP contribution in [0, 0.1) is 5.92 Å². The molecule has 3 rings (SSSR count). The van der Waals surface area contributed by atoms with Crippen molar-refractivity contribution in [2.75, 3.05) is 6.54 Å². The maximum absolute atomic E-state index is 12.8. The summed E-state index contributed by atoms with van der Waals surface area (Å²) in [6, 6.07) is -2.03. The second kappa shape index (κ2) is 4.85. The molecule has 3 fully saturated rings. The highest BCUT2D eigenvalue weighted by molar-refractivity contribution is 6.00. The average Bonchev–Trinajstić information content (AvgIpc) is 2.67. The third-order valence-corrected chi connectivity index (χ3v) is 4.54. The fourth-order valence-corrected chi connectivity index (χ4v) is 3.21. The smallest absolute Gasteiger partial charge is 0.309 e. The minimum absolute atomic E-state index is 0.176. The Hall–Kier alpha value is -1.81. The zero-order chi connectivity index (χ0) is 16.2. The van der Waals surface area contributed by atoms with Gasteiger partial charge in [0.2, 0.25) is 11.8 Å². The van der Waals surface area contributed by atoms with Gasteiger partial charge >= 0.3 is 6.03 Å². The second-order valence-corrected chi connectivity index (χ2v) is 6.03. The number of piperidine rings is 1. The summed E-state index contributed by atoms with van der Waals surface area (Å²) < 4.78 is 25.6. The summed E-state index contributed by atoms with van der Waals surface area (Å²) in [6.07, 6.45) is -0.577. The van der Waals surface area contributed by atoms with Crippen LogP contribution < -0.4 is 5.84 Å². The Balaban J connectivity index is 1.66. The van der Waals surface area contributed by atoms with Crippen LogP contribution in [0.4, 0.5) is 13.6 Å². The monoisotopic (exact) mass is 318 g/mol. The van der Waals surface area contributed by atoms with Crippen molar-refractivity contribution in [3.05, 3.63) is 0 Å². The van der Waals surface area contributed by atoms with Crippen molar-refractivity contribution in [3.63, 3.8) is 0 Å². The Labute approximate surface area is 124 Å².